The summed E-state index contributed by atoms with van der Waals surface area (Å²) in [7, 11) is 0. The van der Waals surface area contributed by atoms with Gasteiger partial charge in [0.15, 0.2) is 5.65 Å². The Morgan fingerprint density at radius 1 is 1.21 bits per heavy atom. The van der Waals surface area contributed by atoms with E-state index in [1.807, 2.05) is 40.1 Å². The second kappa shape index (κ2) is 8.64. The molecule has 9 heteroatoms. The van der Waals surface area contributed by atoms with E-state index in [1.165, 1.54) is 10.9 Å². The molecule has 7 nitrogen and oxygen atoms in total. The first kappa shape index (κ1) is 21.1. The summed E-state index contributed by atoms with van der Waals surface area (Å²) in [6.07, 6.45) is 1.71. The maximum atomic E-state index is 14.0. The molecule has 4 heterocycles. The van der Waals surface area contributed by atoms with Crippen LogP contribution in [0.3, 0.4) is 0 Å². The van der Waals surface area contributed by atoms with Crippen molar-refractivity contribution in [1.82, 2.24) is 19.7 Å². The van der Waals surface area contributed by atoms with Gasteiger partial charge in [-0.1, -0.05) is 12.1 Å². The normalized spacial score (nSPS) is 14.0. The average molecular weight is 461 g/mol. The number of nitrogens with zero attached hydrogens (tertiary/aromatic N) is 6. The van der Waals surface area contributed by atoms with Gasteiger partial charge in [0.25, 0.3) is 5.91 Å². The zero-order valence-electron chi connectivity index (χ0n) is 18.0. The lowest BCUT2D eigenvalue weighted by atomic mass is 10.1. The summed E-state index contributed by atoms with van der Waals surface area (Å²) in [5.74, 6) is -0.594. The number of piperazine rings is 1. The van der Waals surface area contributed by atoms with Crippen molar-refractivity contribution in [1.29, 1.82) is 5.26 Å². The number of hydrogen-bond acceptors (Lipinski definition) is 6. The summed E-state index contributed by atoms with van der Waals surface area (Å²) < 4.78 is 15.8. The van der Waals surface area contributed by atoms with Gasteiger partial charge in [-0.05, 0) is 36.6 Å². The smallest absolute Gasteiger partial charge is 0.254 e. The number of nitriles is 1. The molecule has 1 aliphatic heterocycles. The zero-order chi connectivity index (χ0) is 22.9. The van der Waals surface area contributed by atoms with Gasteiger partial charge in [0.1, 0.15) is 17.4 Å². The lowest BCUT2D eigenvalue weighted by molar-refractivity contribution is 0.0748. The highest BCUT2D eigenvalue weighted by Gasteiger charge is 2.26. The number of carbonyl (C=O) groups excluding carboxylic acids is 1. The first-order valence-corrected chi connectivity index (χ1v) is 11.5. The molecule has 33 heavy (non-hydrogen) atoms. The summed E-state index contributed by atoms with van der Waals surface area (Å²) in [5, 5.41) is 16.6. The number of fused-ring (bicyclic) bond motifs is 1. The molecule has 1 aliphatic rings. The quantitative estimate of drug-likeness (QED) is 0.463. The number of pyridine rings is 1. The summed E-state index contributed by atoms with van der Waals surface area (Å²) in [4.78, 5) is 23.0. The molecule has 1 amide bonds. The Morgan fingerprint density at radius 3 is 2.76 bits per heavy atom. The van der Waals surface area contributed by atoms with Gasteiger partial charge in [-0.3, -0.25) is 4.79 Å². The minimum atomic E-state index is -0.525. The summed E-state index contributed by atoms with van der Waals surface area (Å²) >= 11 is 1.66. The third kappa shape index (κ3) is 3.94. The maximum Gasteiger partial charge on any atom is 0.254 e. The number of carbonyl (C=O) groups is 1. The van der Waals surface area contributed by atoms with Crippen LogP contribution in [0, 0.1) is 24.1 Å². The van der Waals surface area contributed by atoms with Crippen molar-refractivity contribution in [3.8, 4) is 6.07 Å². The Labute approximate surface area is 194 Å². The number of rotatable bonds is 4. The number of aromatic nitrogens is 3. The molecule has 5 rings (SSSR count). The van der Waals surface area contributed by atoms with Crippen LogP contribution in [-0.2, 0) is 6.54 Å². The molecule has 0 N–H and O–H groups in total. The summed E-state index contributed by atoms with van der Waals surface area (Å²) in [5.41, 5.74) is 2.66. The van der Waals surface area contributed by atoms with Gasteiger partial charge in [0.2, 0.25) is 0 Å². The predicted octanol–water partition coefficient (Wildman–Crippen LogP) is 3.82. The largest absolute Gasteiger partial charge is 0.367 e. The number of benzene rings is 1. The van der Waals surface area contributed by atoms with Crippen LogP contribution in [0.2, 0.25) is 0 Å². The molecule has 4 aromatic rings. The minimum absolute atomic E-state index is 0.0434. The number of aryl methyl sites for hydroxylation is 1. The summed E-state index contributed by atoms with van der Waals surface area (Å²) in [6, 6.07) is 12.5. The van der Waals surface area contributed by atoms with Crippen LogP contribution >= 0.6 is 11.3 Å². The van der Waals surface area contributed by atoms with Crippen LogP contribution < -0.4 is 4.90 Å². The molecule has 0 radical (unpaired) electrons. The molecular weight excluding hydrogens is 439 g/mol. The maximum absolute atomic E-state index is 14.0. The highest BCUT2D eigenvalue weighted by Crippen LogP contribution is 2.26. The molecular formula is C24H21FN6OS. The lowest BCUT2D eigenvalue weighted by Crippen LogP contribution is -2.49. The molecule has 0 bridgehead atoms. The molecule has 1 saturated heterocycles. The molecule has 1 fully saturated rings. The Hall–Kier alpha value is -3.77. The molecule has 0 aliphatic carbocycles. The van der Waals surface area contributed by atoms with Gasteiger partial charge in [-0.25, -0.2) is 14.1 Å². The van der Waals surface area contributed by atoms with E-state index in [0.717, 1.165) is 11.1 Å². The van der Waals surface area contributed by atoms with E-state index in [1.54, 1.807) is 34.6 Å². The van der Waals surface area contributed by atoms with E-state index in [9.17, 15) is 14.4 Å². The van der Waals surface area contributed by atoms with Crippen molar-refractivity contribution in [2.24, 2.45) is 0 Å². The number of hydrogen-bond donors (Lipinski definition) is 0. The Morgan fingerprint density at radius 2 is 2.03 bits per heavy atom. The van der Waals surface area contributed by atoms with Crippen molar-refractivity contribution < 1.29 is 9.18 Å². The SMILES string of the molecule is Cc1cc(C(=O)N2CCN(c3cccc(F)c3C#N)CC2)c2cnn(Cc3cccs3)c2n1. The number of amides is 1. The highest BCUT2D eigenvalue weighted by molar-refractivity contribution is 7.09. The van der Waals surface area contributed by atoms with E-state index in [0.29, 0.717) is 49.6 Å². The van der Waals surface area contributed by atoms with Crippen molar-refractivity contribution >= 4 is 34.0 Å². The van der Waals surface area contributed by atoms with Gasteiger partial charge in [0, 0.05) is 36.8 Å². The van der Waals surface area contributed by atoms with Crippen molar-refractivity contribution in [2.45, 2.75) is 13.5 Å². The molecule has 1 aromatic carbocycles. The number of thiophene rings is 1. The van der Waals surface area contributed by atoms with E-state index in [-0.39, 0.29) is 11.5 Å². The molecule has 0 spiro atoms. The Kier molecular flexibility index (Phi) is 5.52. The number of halogens is 1. The number of anilines is 1. The van der Waals surface area contributed by atoms with Crippen LogP contribution in [0.1, 0.15) is 26.5 Å². The van der Waals surface area contributed by atoms with Gasteiger partial charge in [-0.15, -0.1) is 11.3 Å². The predicted molar refractivity (Wildman–Crippen MR) is 125 cm³/mol. The first-order chi connectivity index (χ1) is 16.0. The van der Waals surface area contributed by atoms with Gasteiger partial charge < -0.3 is 9.80 Å². The molecule has 166 valence electrons. The monoisotopic (exact) mass is 460 g/mol. The minimum Gasteiger partial charge on any atom is -0.367 e. The van der Waals surface area contributed by atoms with Crippen LogP contribution in [0.15, 0.2) is 48.0 Å². The lowest BCUT2D eigenvalue weighted by Gasteiger charge is -2.36. The Bertz CT molecular complexity index is 1370. The summed E-state index contributed by atoms with van der Waals surface area (Å²) in [6.45, 7) is 4.49. The second-order valence-corrected chi connectivity index (χ2v) is 8.99. The van der Waals surface area contributed by atoms with Crippen LogP contribution in [0.4, 0.5) is 10.1 Å². The third-order valence-corrected chi connectivity index (χ3v) is 6.73. The second-order valence-electron chi connectivity index (χ2n) is 7.96. The van der Waals surface area contributed by atoms with Crippen molar-refractivity contribution in [3.63, 3.8) is 0 Å². The topological polar surface area (TPSA) is 78.0 Å². The van der Waals surface area contributed by atoms with Gasteiger partial charge >= 0.3 is 0 Å². The van der Waals surface area contributed by atoms with Gasteiger partial charge in [0.05, 0.1) is 29.4 Å². The molecule has 0 unspecified atom stereocenters. The van der Waals surface area contributed by atoms with E-state index >= 15 is 0 Å². The molecule has 3 aromatic heterocycles. The first-order valence-electron chi connectivity index (χ1n) is 10.6. The van der Waals surface area contributed by atoms with Crippen LogP contribution in [0.25, 0.3) is 11.0 Å². The van der Waals surface area contributed by atoms with Crippen LogP contribution in [-0.4, -0.2) is 51.8 Å². The van der Waals surface area contributed by atoms with Gasteiger partial charge in [-0.2, -0.15) is 10.4 Å². The van der Waals surface area contributed by atoms with E-state index in [4.69, 9.17) is 0 Å². The third-order valence-electron chi connectivity index (χ3n) is 5.86. The highest BCUT2D eigenvalue weighted by atomic mass is 32.1. The fourth-order valence-corrected chi connectivity index (χ4v) is 4.91. The van der Waals surface area contributed by atoms with E-state index < -0.39 is 5.82 Å². The van der Waals surface area contributed by atoms with Crippen molar-refractivity contribution in [2.75, 3.05) is 31.1 Å². The van der Waals surface area contributed by atoms with Crippen LogP contribution in [0.5, 0.6) is 0 Å². The Balaban J connectivity index is 1.37. The average Bonchev–Trinajstić information content (AvgIpc) is 3.49. The van der Waals surface area contributed by atoms with Crippen molar-refractivity contribution in [3.05, 3.63) is 75.5 Å². The fourth-order valence-electron chi connectivity index (χ4n) is 4.22. The molecule has 0 saturated carbocycles. The van der Waals surface area contributed by atoms with E-state index in [2.05, 4.69) is 16.1 Å². The molecule has 0 atom stereocenters. The zero-order valence-corrected chi connectivity index (χ0v) is 18.8. The fraction of sp³-hybridized carbons (Fsp3) is 0.250. The standard InChI is InChI=1S/C24H21FN6OS/c1-16-12-18(20-14-27-31(23(20)28-16)15-17-4-3-11-33-17)24(32)30-9-7-29(8-10-30)22-6-2-5-21(25)19(22)13-26/h2-6,11-12,14H,7-10,15H2,1H3.